The van der Waals surface area contributed by atoms with Gasteiger partial charge in [0.05, 0.1) is 17.1 Å². The van der Waals surface area contributed by atoms with Crippen LogP contribution in [0.4, 0.5) is 18.9 Å². The molecule has 1 aromatic rings. The van der Waals surface area contributed by atoms with Crippen LogP contribution in [0, 0.1) is 17.2 Å². The van der Waals surface area contributed by atoms with E-state index in [9.17, 15) is 27.6 Å². The average molecular weight is 467 g/mol. The van der Waals surface area contributed by atoms with E-state index in [1.54, 1.807) is 13.8 Å². The molecule has 0 aliphatic carbocycles. The minimum atomic E-state index is -4.96. The van der Waals surface area contributed by atoms with E-state index in [2.05, 4.69) is 10.1 Å². The van der Waals surface area contributed by atoms with Crippen molar-refractivity contribution in [2.75, 3.05) is 11.6 Å². The van der Waals surface area contributed by atoms with Crippen LogP contribution in [0.2, 0.25) is 5.02 Å². The van der Waals surface area contributed by atoms with E-state index in [0.29, 0.717) is 16.6 Å². The number of nitriles is 1. The Morgan fingerprint density at radius 2 is 1.91 bits per heavy atom. The molecule has 3 rings (SSSR count). The Morgan fingerprint density at radius 1 is 1.22 bits per heavy atom. The first kappa shape index (κ1) is 23.1. The number of hydrazone groups is 1. The van der Waals surface area contributed by atoms with Gasteiger partial charge in [-0.05, 0) is 18.1 Å². The minimum Gasteiger partial charge on any atom is -0.437 e. The number of rotatable bonds is 3. The number of hydrogen-bond acceptors (Lipinski definition) is 7. The lowest BCUT2D eigenvalue weighted by atomic mass is 9.97. The van der Waals surface area contributed by atoms with Crippen LogP contribution < -0.4 is 9.75 Å². The number of anilines is 1. The monoisotopic (exact) mass is 466 g/mol. The van der Waals surface area contributed by atoms with Crippen LogP contribution in [0.3, 0.4) is 0 Å². The average Bonchev–Trinajstić information content (AvgIpc) is 2.69. The van der Waals surface area contributed by atoms with Gasteiger partial charge in [0.1, 0.15) is 18.2 Å². The molecule has 32 heavy (non-hydrogen) atoms. The summed E-state index contributed by atoms with van der Waals surface area (Å²) in [5.74, 6) is -3.23. The van der Waals surface area contributed by atoms with Crippen LogP contribution >= 0.6 is 11.6 Å². The van der Waals surface area contributed by atoms with Gasteiger partial charge < -0.3 is 4.74 Å². The maximum absolute atomic E-state index is 13.8. The lowest BCUT2D eigenvalue weighted by Crippen LogP contribution is -2.36. The standard InChI is InChI=1S/C20H14ClF3N4O4/c1-9(2)11-5-17(26-8-16(11)30)32-19-12(20(22,23)24)3-10(4-13(19)21)28-18(31)6-15(29)14(7-25)27-28/h3-5,9H,6,8H2,1-2H3. The summed E-state index contributed by atoms with van der Waals surface area (Å²) in [6.45, 7) is 3.20. The van der Waals surface area contributed by atoms with Crippen molar-refractivity contribution in [2.45, 2.75) is 26.4 Å². The second kappa shape index (κ2) is 8.55. The van der Waals surface area contributed by atoms with E-state index in [1.807, 2.05) is 0 Å². The number of Topliss-reactive ketones (excluding diaryl/α,β-unsaturated/α-hetero) is 2. The van der Waals surface area contributed by atoms with Gasteiger partial charge in [-0.3, -0.25) is 14.4 Å². The molecule has 1 amide bonds. The fourth-order valence-corrected chi connectivity index (χ4v) is 3.22. The summed E-state index contributed by atoms with van der Waals surface area (Å²) < 4.78 is 46.7. The third-order valence-corrected chi connectivity index (χ3v) is 4.79. The topological polar surface area (TPSA) is 112 Å². The Labute approximate surface area is 184 Å². The molecule has 0 fully saturated rings. The molecule has 0 saturated heterocycles. The van der Waals surface area contributed by atoms with Gasteiger partial charge in [-0.2, -0.15) is 28.5 Å². The molecule has 0 atom stereocenters. The molecular formula is C20H14ClF3N4O4. The van der Waals surface area contributed by atoms with Crippen LogP contribution in [0.5, 0.6) is 5.75 Å². The molecule has 0 radical (unpaired) electrons. The zero-order valence-corrected chi connectivity index (χ0v) is 17.4. The molecule has 0 aromatic heterocycles. The Kier molecular flexibility index (Phi) is 6.18. The molecule has 2 aliphatic heterocycles. The smallest absolute Gasteiger partial charge is 0.420 e. The quantitative estimate of drug-likeness (QED) is 0.633. The number of carbonyl (C=O) groups excluding carboxylic acids is 3. The first-order valence-electron chi connectivity index (χ1n) is 9.15. The van der Waals surface area contributed by atoms with Gasteiger partial charge in [0.2, 0.25) is 17.4 Å². The molecule has 12 heteroatoms. The van der Waals surface area contributed by atoms with Crippen LogP contribution in [0.15, 0.2) is 33.9 Å². The highest BCUT2D eigenvalue weighted by Gasteiger charge is 2.38. The number of ether oxygens (including phenoxy) is 1. The van der Waals surface area contributed by atoms with Crippen LogP contribution in [0.25, 0.3) is 0 Å². The SMILES string of the molecule is CC(C)C1=CC(Oc2c(Cl)cc(N3N=C(C#N)C(=O)CC3=O)cc2C(F)(F)F)=NCC1=O. The zero-order valence-electron chi connectivity index (χ0n) is 16.7. The Balaban J connectivity index is 2.08. The molecule has 2 heterocycles. The predicted molar refractivity (Wildman–Crippen MR) is 107 cm³/mol. The maximum Gasteiger partial charge on any atom is 0.420 e. The van der Waals surface area contributed by atoms with Gasteiger partial charge in [0.15, 0.2) is 11.5 Å². The fourth-order valence-electron chi connectivity index (χ4n) is 2.96. The number of aliphatic imine (C=N–C) groups is 1. The number of amides is 1. The van der Waals surface area contributed by atoms with Crippen molar-refractivity contribution in [3.8, 4) is 11.8 Å². The van der Waals surface area contributed by atoms with Crippen molar-refractivity contribution >= 4 is 46.4 Å². The largest absolute Gasteiger partial charge is 0.437 e. The number of ketones is 2. The third kappa shape index (κ3) is 4.55. The van der Waals surface area contributed by atoms with E-state index in [1.165, 1.54) is 12.1 Å². The normalized spacial score (nSPS) is 17.1. The zero-order chi connectivity index (χ0) is 23.8. The molecule has 2 aliphatic rings. The number of carbonyl (C=O) groups is 3. The molecule has 0 saturated carbocycles. The molecule has 8 nitrogen and oxygen atoms in total. The number of benzene rings is 1. The number of halogens is 4. The molecular weight excluding hydrogens is 453 g/mol. The first-order valence-corrected chi connectivity index (χ1v) is 9.52. The summed E-state index contributed by atoms with van der Waals surface area (Å²) in [5, 5.41) is 12.5. The van der Waals surface area contributed by atoms with Gasteiger partial charge in [-0.15, -0.1) is 0 Å². The fraction of sp³-hybridized carbons (Fsp3) is 0.300. The van der Waals surface area contributed by atoms with E-state index in [4.69, 9.17) is 21.6 Å². The van der Waals surface area contributed by atoms with Crippen LogP contribution in [-0.2, 0) is 20.6 Å². The first-order chi connectivity index (χ1) is 14.9. The summed E-state index contributed by atoms with van der Waals surface area (Å²) in [4.78, 5) is 39.5. The second-order valence-corrected chi connectivity index (χ2v) is 7.51. The van der Waals surface area contributed by atoms with Crippen molar-refractivity contribution in [1.29, 1.82) is 5.26 Å². The minimum absolute atomic E-state index is 0.198. The molecule has 0 bridgehead atoms. The Hall–Kier alpha value is -3.52. The van der Waals surface area contributed by atoms with Gasteiger partial charge in [0, 0.05) is 11.6 Å². The highest BCUT2D eigenvalue weighted by Crippen LogP contribution is 2.43. The van der Waals surface area contributed by atoms with Crippen molar-refractivity contribution < 1.29 is 32.3 Å². The van der Waals surface area contributed by atoms with Gasteiger partial charge in [-0.1, -0.05) is 25.4 Å². The summed E-state index contributed by atoms with van der Waals surface area (Å²) in [7, 11) is 0. The van der Waals surface area contributed by atoms with Crippen molar-refractivity contribution in [2.24, 2.45) is 16.0 Å². The third-order valence-electron chi connectivity index (χ3n) is 4.50. The maximum atomic E-state index is 13.8. The number of dihydropyridines is 1. The lowest BCUT2D eigenvalue weighted by Gasteiger charge is -2.24. The molecule has 1 aromatic carbocycles. The molecule has 0 unspecified atom stereocenters. The van der Waals surface area contributed by atoms with Gasteiger partial charge in [-0.25, -0.2) is 4.99 Å². The molecule has 166 valence electrons. The Bertz CT molecular complexity index is 1160. The van der Waals surface area contributed by atoms with Crippen LogP contribution in [0.1, 0.15) is 25.8 Å². The second-order valence-electron chi connectivity index (χ2n) is 7.10. The molecule has 0 N–H and O–H groups in total. The Morgan fingerprint density at radius 3 is 2.50 bits per heavy atom. The summed E-state index contributed by atoms with van der Waals surface area (Å²) in [5.41, 5.74) is -2.02. The lowest BCUT2D eigenvalue weighted by molar-refractivity contribution is -0.138. The number of alkyl halides is 3. The number of hydrogen-bond donors (Lipinski definition) is 0. The van der Waals surface area contributed by atoms with E-state index < -0.39 is 52.0 Å². The van der Waals surface area contributed by atoms with Crippen molar-refractivity contribution in [3.63, 3.8) is 0 Å². The predicted octanol–water partition coefficient (Wildman–Crippen LogP) is 3.49. The van der Waals surface area contributed by atoms with Crippen LogP contribution in [-0.4, -0.2) is 35.6 Å². The van der Waals surface area contributed by atoms with E-state index in [0.717, 1.165) is 6.07 Å². The van der Waals surface area contributed by atoms with Gasteiger partial charge >= 0.3 is 6.18 Å². The summed E-state index contributed by atoms with van der Waals surface area (Å²) >= 11 is 6.07. The number of nitrogens with zero attached hydrogens (tertiary/aromatic N) is 4. The summed E-state index contributed by atoms with van der Waals surface area (Å²) in [6.07, 6.45) is -4.43. The van der Waals surface area contributed by atoms with E-state index in [-0.39, 0.29) is 24.1 Å². The highest BCUT2D eigenvalue weighted by molar-refractivity contribution is 6.50. The van der Waals surface area contributed by atoms with Crippen molar-refractivity contribution in [3.05, 3.63) is 34.4 Å². The van der Waals surface area contributed by atoms with Gasteiger partial charge in [0.25, 0.3) is 5.91 Å². The van der Waals surface area contributed by atoms with E-state index >= 15 is 0 Å². The van der Waals surface area contributed by atoms with Crippen molar-refractivity contribution in [1.82, 2.24) is 0 Å². The molecule has 0 spiro atoms. The highest BCUT2D eigenvalue weighted by atomic mass is 35.5. The summed E-state index contributed by atoms with van der Waals surface area (Å²) in [6, 6.07) is 3.04.